The highest BCUT2D eigenvalue weighted by atomic mass is 19.1. The number of likely N-dealkylation sites (tertiary alicyclic amines) is 1. The molecule has 8 nitrogen and oxygen atoms in total. The van der Waals surface area contributed by atoms with Gasteiger partial charge in [-0.05, 0) is 56.9 Å². The Bertz CT molecular complexity index is 1380. The summed E-state index contributed by atoms with van der Waals surface area (Å²) in [5, 5.41) is 24.2. The van der Waals surface area contributed by atoms with E-state index in [0.29, 0.717) is 43.3 Å². The van der Waals surface area contributed by atoms with Gasteiger partial charge < -0.3 is 25.3 Å². The first-order chi connectivity index (χ1) is 19.6. The van der Waals surface area contributed by atoms with Crippen molar-refractivity contribution in [3.05, 3.63) is 101 Å². The van der Waals surface area contributed by atoms with Crippen LogP contribution in [0.4, 0.5) is 4.39 Å². The van der Waals surface area contributed by atoms with E-state index >= 15 is 0 Å². The quantitative estimate of drug-likeness (QED) is 0.310. The van der Waals surface area contributed by atoms with Gasteiger partial charge in [-0.15, -0.1) is 0 Å². The van der Waals surface area contributed by atoms with E-state index in [1.807, 2.05) is 37.3 Å². The molecule has 3 unspecified atom stereocenters. The third-order valence-corrected chi connectivity index (χ3v) is 7.97. The zero-order valence-corrected chi connectivity index (χ0v) is 23.3. The molecule has 0 bridgehead atoms. The number of carbonyl (C=O) groups excluding carboxylic acids is 3. The first-order valence-corrected chi connectivity index (χ1v) is 13.7. The van der Waals surface area contributed by atoms with Gasteiger partial charge in [-0.25, -0.2) is 4.39 Å². The highest BCUT2D eigenvalue weighted by Gasteiger charge is 2.43. The standard InChI is InChI=1S/C32H36FN3O5/c1-22-25(12-8-14-28(22)38)30(40)34-27(16-15-23-9-4-3-5-10-23)29(39)31(41)35-18-17-32(2,20-35)36(21-37)19-24-11-6-7-13-26(24)33/h3-14,21,27,29,38-39H,15-20H2,1-2H3,(H,34,40). The van der Waals surface area contributed by atoms with Crippen LogP contribution in [0.1, 0.15) is 46.8 Å². The molecule has 0 spiro atoms. The first-order valence-electron chi connectivity index (χ1n) is 13.7. The molecule has 0 saturated carbocycles. The molecule has 3 atom stereocenters. The van der Waals surface area contributed by atoms with Gasteiger partial charge in [-0.2, -0.15) is 0 Å². The molecule has 3 aromatic carbocycles. The van der Waals surface area contributed by atoms with Gasteiger partial charge in [-0.3, -0.25) is 14.4 Å². The summed E-state index contributed by atoms with van der Waals surface area (Å²) in [6, 6.07) is 19.5. The largest absolute Gasteiger partial charge is 0.508 e. The molecular formula is C32H36FN3O5. The fourth-order valence-electron chi connectivity index (χ4n) is 5.28. The second-order valence-corrected chi connectivity index (χ2v) is 10.8. The number of aryl methyl sites for hydroxylation is 1. The Hall–Kier alpha value is -4.24. The predicted molar refractivity (Wildman–Crippen MR) is 152 cm³/mol. The Kier molecular flexibility index (Phi) is 9.39. The number of hydrogen-bond acceptors (Lipinski definition) is 5. The van der Waals surface area contributed by atoms with Crippen molar-refractivity contribution in [3.8, 4) is 5.75 Å². The van der Waals surface area contributed by atoms with Crippen molar-refractivity contribution in [3.63, 3.8) is 0 Å². The molecule has 3 amide bonds. The molecule has 3 N–H and O–H groups in total. The number of nitrogens with one attached hydrogen (secondary N) is 1. The van der Waals surface area contributed by atoms with Crippen LogP contribution in [-0.4, -0.2) is 69.0 Å². The van der Waals surface area contributed by atoms with Crippen LogP contribution >= 0.6 is 0 Å². The molecule has 3 aromatic rings. The van der Waals surface area contributed by atoms with Crippen molar-refractivity contribution < 1.29 is 29.0 Å². The highest BCUT2D eigenvalue weighted by molar-refractivity contribution is 5.97. The number of phenolic OH excluding ortho intramolecular Hbond substituents is 1. The number of aliphatic hydroxyl groups is 1. The number of aromatic hydroxyl groups is 1. The van der Waals surface area contributed by atoms with Crippen LogP contribution in [-0.2, 0) is 22.6 Å². The Balaban J connectivity index is 1.49. The number of halogens is 1. The molecular weight excluding hydrogens is 525 g/mol. The maximum atomic E-state index is 14.3. The lowest BCUT2D eigenvalue weighted by molar-refractivity contribution is -0.141. The van der Waals surface area contributed by atoms with E-state index in [-0.39, 0.29) is 24.4 Å². The van der Waals surface area contributed by atoms with Crippen LogP contribution in [0.3, 0.4) is 0 Å². The van der Waals surface area contributed by atoms with Crippen molar-refractivity contribution in [2.75, 3.05) is 13.1 Å². The van der Waals surface area contributed by atoms with E-state index < -0.39 is 35.3 Å². The van der Waals surface area contributed by atoms with Gasteiger partial charge in [0.05, 0.1) is 11.6 Å². The van der Waals surface area contributed by atoms with Gasteiger partial charge >= 0.3 is 0 Å². The minimum atomic E-state index is -1.54. The van der Waals surface area contributed by atoms with Crippen molar-refractivity contribution in [2.24, 2.45) is 0 Å². The van der Waals surface area contributed by atoms with Gasteiger partial charge in [0.1, 0.15) is 11.6 Å². The number of amides is 3. The normalized spacial score (nSPS) is 18.0. The van der Waals surface area contributed by atoms with E-state index in [4.69, 9.17) is 0 Å². The molecule has 9 heteroatoms. The zero-order chi connectivity index (χ0) is 29.6. The van der Waals surface area contributed by atoms with Gasteiger partial charge in [0, 0.05) is 36.3 Å². The summed E-state index contributed by atoms with van der Waals surface area (Å²) >= 11 is 0. The van der Waals surface area contributed by atoms with Crippen LogP contribution in [0.25, 0.3) is 0 Å². The Labute approximate surface area is 239 Å². The minimum absolute atomic E-state index is 0.0263. The van der Waals surface area contributed by atoms with E-state index in [0.717, 1.165) is 5.56 Å². The number of benzene rings is 3. The first kappa shape index (κ1) is 29.7. The summed E-state index contributed by atoms with van der Waals surface area (Å²) in [6.45, 7) is 3.95. The summed E-state index contributed by atoms with van der Waals surface area (Å²) in [5.74, 6) is -1.51. The van der Waals surface area contributed by atoms with Crippen molar-refractivity contribution in [1.82, 2.24) is 15.1 Å². The summed E-state index contributed by atoms with van der Waals surface area (Å²) in [5.41, 5.74) is 1.24. The Morgan fingerprint density at radius 1 is 1.10 bits per heavy atom. The molecule has 41 heavy (non-hydrogen) atoms. The topological polar surface area (TPSA) is 110 Å². The molecule has 216 valence electrons. The van der Waals surface area contributed by atoms with Gasteiger partial charge in [0.25, 0.3) is 11.8 Å². The number of hydrogen-bond donors (Lipinski definition) is 3. The smallest absolute Gasteiger partial charge is 0.253 e. The minimum Gasteiger partial charge on any atom is -0.508 e. The van der Waals surface area contributed by atoms with Crippen molar-refractivity contribution in [2.45, 2.75) is 57.3 Å². The SMILES string of the molecule is Cc1c(O)cccc1C(=O)NC(CCc1ccccc1)C(O)C(=O)N1CCC(C)(N(C=O)Cc2ccccc2F)C1. The van der Waals surface area contributed by atoms with Crippen LogP contribution in [0.15, 0.2) is 72.8 Å². The second kappa shape index (κ2) is 13.0. The maximum Gasteiger partial charge on any atom is 0.253 e. The van der Waals surface area contributed by atoms with Crippen LogP contribution in [0.2, 0.25) is 0 Å². The van der Waals surface area contributed by atoms with E-state index in [9.17, 15) is 29.0 Å². The Morgan fingerprint density at radius 2 is 1.80 bits per heavy atom. The fraction of sp³-hybridized carbons (Fsp3) is 0.344. The van der Waals surface area contributed by atoms with Crippen LogP contribution < -0.4 is 5.32 Å². The van der Waals surface area contributed by atoms with Gasteiger partial charge in [-0.1, -0.05) is 54.6 Å². The molecule has 1 fully saturated rings. The van der Waals surface area contributed by atoms with Crippen molar-refractivity contribution >= 4 is 18.2 Å². The fourth-order valence-corrected chi connectivity index (χ4v) is 5.28. The van der Waals surface area contributed by atoms with E-state index in [2.05, 4.69) is 5.32 Å². The monoisotopic (exact) mass is 561 g/mol. The van der Waals surface area contributed by atoms with Crippen molar-refractivity contribution in [1.29, 1.82) is 0 Å². The zero-order valence-electron chi connectivity index (χ0n) is 23.3. The number of rotatable bonds is 11. The average molecular weight is 562 g/mol. The molecule has 1 aliphatic rings. The average Bonchev–Trinajstić information content (AvgIpc) is 3.38. The lowest BCUT2D eigenvalue weighted by atomic mass is 9.98. The van der Waals surface area contributed by atoms with Crippen LogP contribution in [0, 0.1) is 12.7 Å². The second-order valence-electron chi connectivity index (χ2n) is 10.8. The number of nitrogens with zero attached hydrogens (tertiary/aromatic N) is 2. The summed E-state index contributed by atoms with van der Waals surface area (Å²) in [7, 11) is 0. The lowest BCUT2D eigenvalue weighted by Crippen LogP contribution is -2.53. The highest BCUT2D eigenvalue weighted by Crippen LogP contribution is 2.30. The molecule has 4 rings (SSSR count). The summed E-state index contributed by atoms with van der Waals surface area (Å²) < 4.78 is 14.3. The van der Waals surface area contributed by atoms with Gasteiger partial charge in [0.2, 0.25) is 6.41 Å². The number of carbonyl (C=O) groups is 3. The molecule has 1 saturated heterocycles. The third kappa shape index (κ3) is 6.92. The van der Waals surface area contributed by atoms with E-state index in [1.54, 1.807) is 37.3 Å². The Morgan fingerprint density at radius 3 is 2.51 bits per heavy atom. The van der Waals surface area contributed by atoms with Crippen LogP contribution in [0.5, 0.6) is 5.75 Å². The third-order valence-electron chi connectivity index (χ3n) is 7.97. The summed E-state index contributed by atoms with van der Waals surface area (Å²) in [4.78, 5) is 41.8. The summed E-state index contributed by atoms with van der Waals surface area (Å²) in [6.07, 6.45) is 0.367. The molecule has 0 aliphatic carbocycles. The maximum absolute atomic E-state index is 14.3. The number of phenols is 1. The molecule has 1 aliphatic heterocycles. The lowest BCUT2D eigenvalue weighted by Gasteiger charge is -2.36. The number of aliphatic hydroxyl groups excluding tert-OH is 1. The molecule has 0 aromatic heterocycles. The molecule has 1 heterocycles. The molecule has 0 radical (unpaired) electrons. The van der Waals surface area contributed by atoms with Gasteiger partial charge in [0.15, 0.2) is 6.10 Å². The predicted octanol–water partition coefficient (Wildman–Crippen LogP) is 3.58. The van der Waals surface area contributed by atoms with E-state index in [1.165, 1.54) is 21.9 Å².